The van der Waals surface area contributed by atoms with Crippen molar-refractivity contribution in [3.63, 3.8) is 0 Å². The van der Waals surface area contributed by atoms with Crippen LogP contribution in [0.2, 0.25) is 0 Å². The highest BCUT2D eigenvalue weighted by Crippen LogP contribution is 2.26. The van der Waals surface area contributed by atoms with Gasteiger partial charge in [-0.3, -0.25) is 0 Å². The molecule has 3 atom stereocenters. The molecule has 0 aliphatic carbocycles. The van der Waals surface area contributed by atoms with Gasteiger partial charge >= 0.3 is 0 Å². The number of rotatable bonds is 8. The van der Waals surface area contributed by atoms with Crippen molar-refractivity contribution >= 4 is 0 Å². The van der Waals surface area contributed by atoms with Crippen LogP contribution in [0.3, 0.4) is 0 Å². The normalized spacial score (nSPS) is 17.8. The molecule has 0 radical (unpaired) electrons. The molecule has 15 heavy (non-hydrogen) atoms. The van der Waals surface area contributed by atoms with Gasteiger partial charge in [0.1, 0.15) is 0 Å². The molecule has 0 nitrogen and oxygen atoms in total. The van der Waals surface area contributed by atoms with E-state index in [-0.39, 0.29) is 0 Å². The molecule has 0 fully saturated rings. The van der Waals surface area contributed by atoms with Gasteiger partial charge in [0.15, 0.2) is 0 Å². The first kappa shape index (κ1) is 15.0. The van der Waals surface area contributed by atoms with Gasteiger partial charge in [-0.2, -0.15) is 0 Å². The molecular weight excluding hydrogens is 180 g/mol. The lowest BCUT2D eigenvalue weighted by atomic mass is 9.83. The second-order valence-electron chi connectivity index (χ2n) is 5.71. The Bertz CT molecular complexity index is 137. The minimum Gasteiger partial charge on any atom is -0.0651 e. The van der Waals surface area contributed by atoms with Crippen molar-refractivity contribution < 1.29 is 0 Å². The van der Waals surface area contributed by atoms with E-state index >= 15 is 0 Å². The van der Waals surface area contributed by atoms with E-state index in [9.17, 15) is 0 Å². The lowest BCUT2D eigenvalue weighted by Gasteiger charge is -2.22. The first-order chi connectivity index (χ1) is 7.02. The fourth-order valence-corrected chi connectivity index (χ4v) is 2.26. The minimum absolute atomic E-state index is 0.855. The SMILES string of the molecule is CCC(C)C(CC)CCCC(C)C(C)C. The van der Waals surface area contributed by atoms with Crippen molar-refractivity contribution in [1.82, 2.24) is 0 Å². The molecule has 0 aromatic heterocycles. The van der Waals surface area contributed by atoms with Crippen LogP contribution in [0.1, 0.15) is 73.6 Å². The molecule has 0 saturated heterocycles. The van der Waals surface area contributed by atoms with Crippen LogP contribution < -0.4 is 0 Å². The molecule has 0 N–H and O–H groups in total. The standard InChI is InChI=1S/C15H32/c1-7-13(5)15(8-2)11-9-10-14(6)12(3)4/h12-15H,7-11H2,1-6H3. The molecule has 92 valence electrons. The van der Waals surface area contributed by atoms with Crippen molar-refractivity contribution in [1.29, 1.82) is 0 Å². The summed E-state index contributed by atoms with van der Waals surface area (Å²) in [5, 5.41) is 0. The summed E-state index contributed by atoms with van der Waals surface area (Å²) in [7, 11) is 0. The Hall–Kier alpha value is 0. The molecule has 0 amide bonds. The Morgan fingerprint density at radius 1 is 0.733 bits per heavy atom. The Morgan fingerprint density at radius 2 is 1.33 bits per heavy atom. The Balaban J connectivity index is 3.72. The Morgan fingerprint density at radius 3 is 1.73 bits per heavy atom. The van der Waals surface area contributed by atoms with Gasteiger partial charge in [0.2, 0.25) is 0 Å². The van der Waals surface area contributed by atoms with Crippen molar-refractivity contribution in [2.24, 2.45) is 23.7 Å². The molecular formula is C15H32. The van der Waals surface area contributed by atoms with E-state index in [2.05, 4.69) is 41.5 Å². The van der Waals surface area contributed by atoms with Crippen LogP contribution in [0.4, 0.5) is 0 Å². The van der Waals surface area contributed by atoms with Gasteiger partial charge in [0.25, 0.3) is 0 Å². The van der Waals surface area contributed by atoms with Crippen LogP contribution in [0, 0.1) is 23.7 Å². The zero-order valence-electron chi connectivity index (χ0n) is 11.8. The van der Waals surface area contributed by atoms with Crippen LogP contribution in [0.15, 0.2) is 0 Å². The summed E-state index contributed by atoms with van der Waals surface area (Å²) in [6.07, 6.45) is 7.01. The van der Waals surface area contributed by atoms with Crippen LogP contribution in [0.25, 0.3) is 0 Å². The van der Waals surface area contributed by atoms with E-state index in [0.717, 1.165) is 23.7 Å². The molecule has 0 aromatic rings. The van der Waals surface area contributed by atoms with Crippen molar-refractivity contribution in [3.05, 3.63) is 0 Å². The van der Waals surface area contributed by atoms with E-state index in [1.807, 2.05) is 0 Å². The maximum atomic E-state index is 2.42. The summed E-state index contributed by atoms with van der Waals surface area (Å²) in [6, 6.07) is 0. The molecule has 0 aliphatic heterocycles. The van der Waals surface area contributed by atoms with Gasteiger partial charge in [-0.25, -0.2) is 0 Å². The monoisotopic (exact) mass is 212 g/mol. The third kappa shape index (κ3) is 6.22. The third-order valence-electron chi connectivity index (χ3n) is 4.35. The average Bonchev–Trinajstić information content (AvgIpc) is 2.22. The lowest BCUT2D eigenvalue weighted by molar-refractivity contribution is 0.289. The predicted octanol–water partition coefficient (Wildman–Crippen LogP) is 5.52. The van der Waals surface area contributed by atoms with Crippen molar-refractivity contribution in [3.8, 4) is 0 Å². The molecule has 0 heterocycles. The zero-order chi connectivity index (χ0) is 11.8. The van der Waals surface area contributed by atoms with Gasteiger partial charge < -0.3 is 0 Å². The zero-order valence-corrected chi connectivity index (χ0v) is 11.8. The summed E-state index contributed by atoms with van der Waals surface area (Å²) in [4.78, 5) is 0. The van der Waals surface area contributed by atoms with E-state index < -0.39 is 0 Å². The fraction of sp³-hybridized carbons (Fsp3) is 1.00. The first-order valence-corrected chi connectivity index (χ1v) is 7.02. The molecule has 0 saturated carbocycles. The van der Waals surface area contributed by atoms with E-state index in [1.54, 1.807) is 0 Å². The predicted molar refractivity (Wildman–Crippen MR) is 71.1 cm³/mol. The van der Waals surface area contributed by atoms with Gasteiger partial charge in [-0.05, 0) is 23.7 Å². The van der Waals surface area contributed by atoms with E-state index in [4.69, 9.17) is 0 Å². The molecule has 3 unspecified atom stereocenters. The highest BCUT2D eigenvalue weighted by atomic mass is 14.2. The highest BCUT2D eigenvalue weighted by Gasteiger charge is 2.14. The number of hydrogen-bond acceptors (Lipinski definition) is 0. The third-order valence-corrected chi connectivity index (χ3v) is 4.35. The summed E-state index contributed by atoms with van der Waals surface area (Å²) in [5.41, 5.74) is 0. The van der Waals surface area contributed by atoms with E-state index in [0.29, 0.717) is 0 Å². The second kappa shape index (κ2) is 8.19. The van der Waals surface area contributed by atoms with Gasteiger partial charge in [0, 0.05) is 0 Å². The quantitative estimate of drug-likeness (QED) is 0.497. The van der Waals surface area contributed by atoms with Crippen molar-refractivity contribution in [2.45, 2.75) is 73.6 Å². The summed E-state index contributed by atoms with van der Waals surface area (Å²) < 4.78 is 0. The average molecular weight is 212 g/mol. The van der Waals surface area contributed by atoms with Crippen LogP contribution in [-0.2, 0) is 0 Å². The smallest absolute Gasteiger partial charge is 0.0391 e. The number of hydrogen-bond donors (Lipinski definition) is 0. The minimum atomic E-state index is 0.855. The second-order valence-corrected chi connectivity index (χ2v) is 5.71. The largest absolute Gasteiger partial charge is 0.0651 e. The molecule has 0 spiro atoms. The lowest BCUT2D eigenvalue weighted by Crippen LogP contribution is -2.11. The molecule has 0 aliphatic rings. The molecule has 0 heteroatoms. The van der Waals surface area contributed by atoms with Crippen LogP contribution >= 0.6 is 0 Å². The van der Waals surface area contributed by atoms with Crippen LogP contribution in [0.5, 0.6) is 0 Å². The van der Waals surface area contributed by atoms with Gasteiger partial charge in [0.05, 0.1) is 0 Å². The van der Waals surface area contributed by atoms with Crippen LogP contribution in [-0.4, -0.2) is 0 Å². The van der Waals surface area contributed by atoms with Gasteiger partial charge in [-0.15, -0.1) is 0 Å². The summed E-state index contributed by atoms with van der Waals surface area (Å²) >= 11 is 0. The Kier molecular flexibility index (Phi) is 8.19. The fourth-order valence-electron chi connectivity index (χ4n) is 2.26. The molecule has 0 rings (SSSR count). The Labute approximate surface area is 97.8 Å². The molecule has 0 bridgehead atoms. The van der Waals surface area contributed by atoms with E-state index in [1.165, 1.54) is 32.1 Å². The summed E-state index contributed by atoms with van der Waals surface area (Å²) in [6.45, 7) is 14.2. The highest BCUT2D eigenvalue weighted by molar-refractivity contribution is 4.66. The molecule has 0 aromatic carbocycles. The maximum absolute atomic E-state index is 2.42. The first-order valence-electron chi connectivity index (χ1n) is 7.02. The van der Waals surface area contributed by atoms with Crippen molar-refractivity contribution in [2.75, 3.05) is 0 Å². The topological polar surface area (TPSA) is 0 Å². The summed E-state index contributed by atoms with van der Waals surface area (Å²) in [5.74, 6) is 3.65. The van der Waals surface area contributed by atoms with Gasteiger partial charge in [-0.1, -0.05) is 73.6 Å². The maximum Gasteiger partial charge on any atom is -0.0391 e.